The van der Waals surface area contributed by atoms with E-state index < -0.39 is 0 Å². The summed E-state index contributed by atoms with van der Waals surface area (Å²) in [6, 6.07) is 0.857. The molecule has 16 heavy (non-hydrogen) atoms. The van der Waals surface area contributed by atoms with Gasteiger partial charge in [-0.05, 0) is 39.7 Å². The van der Waals surface area contributed by atoms with Gasteiger partial charge >= 0.3 is 0 Å². The van der Waals surface area contributed by atoms with Crippen LogP contribution in [0.4, 0.5) is 0 Å². The van der Waals surface area contributed by atoms with Crippen molar-refractivity contribution in [2.75, 3.05) is 20.3 Å². The van der Waals surface area contributed by atoms with Crippen molar-refractivity contribution < 1.29 is 9.84 Å². The van der Waals surface area contributed by atoms with Gasteiger partial charge in [-0.3, -0.25) is 4.90 Å². The van der Waals surface area contributed by atoms with Crippen LogP contribution in [0.15, 0.2) is 0 Å². The summed E-state index contributed by atoms with van der Waals surface area (Å²) in [6.45, 7) is 3.24. The summed E-state index contributed by atoms with van der Waals surface area (Å²) in [5.41, 5.74) is 0.187. The van der Waals surface area contributed by atoms with Gasteiger partial charge in [0.25, 0.3) is 0 Å². The summed E-state index contributed by atoms with van der Waals surface area (Å²) >= 11 is 0. The van der Waals surface area contributed by atoms with Crippen molar-refractivity contribution in [2.24, 2.45) is 0 Å². The van der Waals surface area contributed by atoms with E-state index in [1.165, 1.54) is 25.7 Å². The van der Waals surface area contributed by atoms with E-state index in [4.69, 9.17) is 4.74 Å². The molecule has 0 amide bonds. The van der Waals surface area contributed by atoms with Gasteiger partial charge in [0.1, 0.15) is 0 Å². The fourth-order valence-electron chi connectivity index (χ4n) is 3.21. The molecule has 2 atom stereocenters. The molecule has 0 aromatic heterocycles. The molecule has 0 radical (unpaired) electrons. The molecule has 1 saturated carbocycles. The summed E-state index contributed by atoms with van der Waals surface area (Å²) in [4.78, 5) is 2.34. The van der Waals surface area contributed by atoms with Gasteiger partial charge in [-0.2, -0.15) is 0 Å². The van der Waals surface area contributed by atoms with Crippen LogP contribution in [0, 0.1) is 0 Å². The third kappa shape index (κ3) is 2.41. The van der Waals surface area contributed by atoms with Crippen LogP contribution in [0.1, 0.15) is 45.4 Å². The summed E-state index contributed by atoms with van der Waals surface area (Å²) in [5, 5.41) is 9.22. The van der Waals surface area contributed by atoms with Gasteiger partial charge in [0.15, 0.2) is 0 Å². The summed E-state index contributed by atoms with van der Waals surface area (Å²) in [5.74, 6) is 0. The zero-order chi connectivity index (χ0) is 11.6. The second-order valence-corrected chi connectivity index (χ2v) is 5.58. The highest BCUT2D eigenvalue weighted by molar-refractivity contribution is 4.94. The molecular formula is C13H25NO2. The van der Waals surface area contributed by atoms with Crippen molar-refractivity contribution in [3.05, 3.63) is 0 Å². The minimum Gasteiger partial charge on any atom is -0.395 e. The lowest BCUT2D eigenvalue weighted by atomic mass is 9.88. The minimum absolute atomic E-state index is 0.187. The van der Waals surface area contributed by atoms with E-state index in [-0.39, 0.29) is 18.2 Å². The first-order valence-electron chi connectivity index (χ1n) is 6.64. The molecule has 2 rings (SSSR count). The fraction of sp³-hybridized carbons (Fsp3) is 1.00. The van der Waals surface area contributed by atoms with Gasteiger partial charge < -0.3 is 9.84 Å². The molecule has 2 unspecified atom stereocenters. The standard InChI is InChI=1S/C13H25NO2/c1-11(10-15)14(2)12-5-8-16-13(9-12)6-3-4-7-13/h11-12,15H,3-10H2,1-2H3. The second kappa shape index (κ2) is 5.03. The zero-order valence-electron chi connectivity index (χ0n) is 10.6. The molecule has 1 aliphatic heterocycles. The SMILES string of the molecule is CC(CO)N(C)C1CCOC2(CCCC2)C1. The molecule has 2 fully saturated rings. The minimum atomic E-state index is 0.187. The zero-order valence-corrected chi connectivity index (χ0v) is 10.6. The van der Waals surface area contributed by atoms with Crippen LogP contribution >= 0.6 is 0 Å². The molecule has 1 heterocycles. The Labute approximate surface area is 98.8 Å². The third-order valence-electron chi connectivity index (χ3n) is 4.52. The van der Waals surface area contributed by atoms with E-state index in [1.807, 2.05) is 0 Å². The Kier molecular flexibility index (Phi) is 3.88. The summed E-state index contributed by atoms with van der Waals surface area (Å²) in [7, 11) is 2.14. The molecule has 3 heteroatoms. The highest BCUT2D eigenvalue weighted by Gasteiger charge is 2.41. The van der Waals surface area contributed by atoms with Crippen LogP contribution in [-0.4, -0.2) is 48.0 Å². The van der Waals surface area contributed by atoms with Gasteiger partial charge in [0.2, 0.25) is 0 Å². The molecule has 1 aliphatic carbocycles. The van der Waals surface area contributed by atoms with Crippen LogP contribution in [0.5, 0.6) is 0 Å². The highest BCUT2D eigenvalue weighted by Crippen LogP contribution is 2.41. The van der Waals surface area contributed by atoms with Crippen molar-refractivity contribution in [1.82, 2.24) is 4.90 Å². The smallest absolute Gasteiger partial charge is 0.0697 e. The Balaban J connectivity index is 1.95. The number of aliphatic hydroxyl groups is 1. The number of nitrogens with zero attached hydrogens (tertiary/aromatic N) is 1. The summed E-state index contributed by atoms with van der Waals surface area (Å²) < 4.78 is 6.03. The normalized spacial score (nSPS) is 31.1. The van der Waals surface area contributed by atoms with Crippen LogP contribution in [0.25, 0.3) is 0 Å². The van der Waals surface area contributed by atoms with E-state index >= 15 is 0 Å². The largest absolute Gasteiger partial charge is 0.395 e. The monoisotopic (exact) mass is 227 g/mol. The van der Waals surface area contributed by atoms with Crippen molar-refractivity contribution in [3.8, 4) is 0 Å². The number of hydrogen-bond donors (Lipinski definition) is 1. The highest BCUT2D eigenvalue weighted by atomic mass is 16.5. The molecule has 1 N–H and O–H groups in total. The lowest BCUT2D eigenvalue weighted by molar-refractivity contribution is -0.104. The van der Waals surface area contributed by atoms with Crippen LogP contribution < -0.4 is 0 Å². The van der Waals surface area contributed by atoms with Gasteiger partial charge in [-0.1, -0.05) is 12.8 Å². The van der Waals surface area contributed by atoms with Crippen molar-refractivity contribution in [1.29, 1.82) is 0 Å². The molecule has 3 nitrogen and oxygen atoms in total. The molecule has 0 aromatic rings. The van der Waals surface area contributed by atoms with Crippen LogP contribution in [-0.2, 0) is 4.74 Å². The quantitative estimate of drug-likeness (QED) is 0.798. The van der Waals surface area contributed by atoms with E-state index in [0.717, 1.165) is 19.4 Å². The van der Waals surface area contributed by atoms with Gasteiger partial charge in [-0.15, -0.1) is 0 Å². The topological polar surface area (TPSA) is 32.7 Å². The predicted molar refractivity (Wildman–Crippen MR) is 64.5 cm³/mol. The third-order valence-corrected chi connectivity index (χ3v) is 4.52. The van der Waals surface area contributed by atoms with Crippen LogP contribution in [0.2, 0.25) is 0 Å². The molecule has 0 aromatic carbocycles. The maximum Gasteiger partial charge on any atom is 0.0697 e. The molecule has 1 saturated heterocycles. The number of rotatable bonds is 3. The van der Waals surface area contributed by atoms with Gasteiger partial charge in [0.05, 0.1) is 12.2 Å². The van der Waals surface area contributed by atoms with Gasteiger partial charge in [-0.25, -0.2) is 0 Å². The predicted octanol–water partition coefficient (Wildman–Crippen LogP) is 1.79. The first-order valence-corrected chi connectivity index (χ1v) is 6.64. The summed E-state index contributed by atoms with van der Waals surface area (Å²) in [6.07, 6.45) is 7.41. The molecule has 1 spiro atoms. The van der Waals surface area contributed by atoms with Gasteiger partial charge in [0, 0.05) is 18.7 Å². The number of hydrogen-bond acceptors (Lipinski definition) is 3. The first-order chi connectivity index (χ1) is 7.67. The Bertz CT molecular complexity index is 226. The molecular weight excluding hydrogens is 202 g/mol. The Hall–Kier alpha value is -0.120. The van der Waals surface area contributed by atoms with Crippen molar-refractivity contribution in [2.45, 2.75) is 63.1 Å². The van der Waals surface area contributed by atoms with E-state index in [2.05, 4.69) is 18.9 Å². The Morgan fingerprint density at radius 1 is 1.44 bits per heavy atom. The Morgan fingerprint density at radius 2 is 2.12 bits per heavy atom. The average molecular weight is 227 g/mol. The number of ether oxygens (including phenoxy) is 1. The lowest BCUT2D eigenvalue weighted by Crippen LogP contribution is -2.49. The molecule has 2 aliphatic rings. The van der Waals surface area contributed by atoms with Crippen molar-refractivity contribution >= 4 is 0 Å². The second-order valence-electron chi connectivity index (χ2n) is 5.58. The maximum atomic E-state index is 9.22. The van der Waals surface area contributed by atoms with E-state index in [0.29, 0.717) is 6.04 Å². The average Bonchev–Trinajstić information content (AvgIpc) is 2.75. The number of aliphatic hydroxyl groups excluding tert-OH is 1. The van der Waals surface area contributed by atoms with E-state index in [1.54, 1.807) is 0 Å². The lowest BCUT2D eigenvalue weighted by Gasteiger charge is -2.43. The van der Waals surface area contributed by atoms with Crippen molar-refractivity contribution in [3.63, 3.8) is 0 Å². The maximum absolute atomic E-state index is 9.22. The van der Waals surface area contributed by atoms with Crippen LogP contribution in [0.3, 0.4) is 0 Å². The Morgan fingerprint density at radius 3 is 2.75 bits per heavy atom. The van der Waals surface area contributed by atoms with E-state index in [9.17, 15) is 5.11 Å². The molecule has 94 valence electrons. The molecule has 0 bridgehead atoms. The fourth-order valence-corrected chi connectivity index (χ4v) is 3.21. The number of likely N-dealkylation sites (N-methyl/N-ethyl adjacent to an activating group) is 1. The first kappa shape index (κ1) is 12.3.